The summed E-state index contributed by atoms with van der Waals surface area (Å²) in [5, 5.41) is 0. The van der Waals surface area contributed by atoms with Gasteiger partial charge in [0.1, 0.15) is 5.57 Å². The van der Waals surface area contributed by atoms with E-state index in [9.17, 15) is 18.4 Å². The number of ketones is 1. The molecule has 0 radical (unpaired) electrons. The second kappa shape index (κ2) is 7.48. The Morgan fingerprint density at radius 2 is 1.95 bits per heavy atom. The van der Waals surface area contributed by atoms with Gasteiger partial charge in [-0.25, -0.2) is 13.6 Å². The maximum Gasteiger partial charge on any atom is 0.343 e. The molecule has 1 rings (SSSR count). The fourth-order valence-corrected chi connectivity index (χ4v) is 2.12. The first-order chi connectivity index (χ1) is 9.77. The van der Waals surface area contributed by atoms with Crippen LogP contribution < -0.4 is 0 Å². The van der Waals surface area contributed by atoms with Crippen LogP contribution >= 0.6 is 22.6 Å². The van der Waals surface area contributed by atoms with Crippen LogP contribution in [0.25, 0.3) is 0 Å². The second-order valence-corrected chi connectivity index (χ2v) is 5.55. The third-order valence-electron chi connectivity index (χ3n) is 2.36. The number of rotatable bonds is 5. The van der Waals surface area contributed by atoms with Crippen molar-refractivity contribution in [3.8, 4) is 0 Å². The number of hydrogen-bond donors (Lipinski definition) is 0. The molecule has 0 aliphatic rings. The van der Waals surface area contributed by atoms with Crippen molar-refractivity contribution in [1.82, 2.24) is 4.90 Å². The van der Waals surface area contributed by atoms with Crippen molar-refractivity contribution in [2.24, 2.45) is 0 Å². The molecule has 0 bridgehead atoms. The molecule has 0 atom stereocenters. The summed E-state index contributed by atoms with van der Waals surface area (Å²) >= 11 is 1.76. The molecule has 7 heteroatoms. The van der Waals surface area contributed by atoms with Gasteiger partial charge < -0.3 is 9.64 Å². The van der Waals surface area contributed by atoms with E-state index >= 15 is 0 Å². The van der Waals surface area contributed by atoms with E-state index < -0.39 is 29.0 Å². The number of Topliss-reactive ketones (excluding diaryl/α,β-unsaturated/α-hetero) is 1. The average molecular weight is 409 g/mol. The molecule has 0 aliphatic carbocycles. The van der Waals surface area contributed by atoms with Gasteiger partial charge in [0.05, 0.1) is 12.2 Å². The normalized spacial score (nSPS) is 11.2. The zero-order valence-corrected chi connectivity index (χ0v) is 13.9. The van der Waals surface area contributed by atoms with Crippen molar-refractivity contribution < 1.29 is 23.1 Å². The first kappa shape index (κ1) is 17.5. The van der Waals surface area contributed by atoms with Gasteiger partial charge in [0, 0.05) is 23.9 Å². The summed E-state index contributed by atoms with van der Waals surface area (Å²) in [5.41, 5.74) is -0.859. The first-order valence-electron chi connectivity index (χ1n) is 6.02. The van der Waals surface area contributed by atoms with Gasteiger partial charge in [-0.2, -0.15) is 0 Å². The summed E-state index contributed by atoms with van der Waals surface area (Å²) in [6.07, 6.45) is 1.22. The van der Waals surface area contributed by atoms with Gasteiger partial charge in [0.2, 0.25) is 5.78 Å². The molecule has 0 spiro atoms. The summed E-state index contributed by atoms with van der Waals surface area (Å²) < 4.78 is 32.3. The van der Waals surface area contributed by atoms with Gasteiger partial charge >= 0.3 is 5.97 Å². The fourth-order valence-electron chi connectivity index (χ4n) is 1.54. The smallest absolute Gasteiger partial charge is 0.343 e. The first-order valence-corrected chi connectivity index (χ1v) is 7.10. The molecule has 4 nitrogen and oxygen atoms in total. The maximum atomic E-state index is 13.8. The van der Waals surface area contributed by atoms with Crippen LogP contribution in [0.1, 0.15) is 17.3 Å². The van der Waals surface area contributed by atoms with E-state index in [2.05, 4.69) is 0 Å². The Balaban J connectivity index is 3.33. The molecule has 0 aliphatic heterocycles. The van der Waals surface area contributed by atoms with Crippen LogP contribution in [-0.2, 0) is 9.53 Å². The quantitative estimate of drug-likeness (QED) is 0.143. The lowest BCUT2D eigenvalue weighted by Gasteiger charge is -2.11. The van der Waals surface area contributed by atoms with Crippen molar-refractivity contribution in [1.29, 1.82) is 0 Å². The average Bonchev–Trinajstić information content (AvgIpc) is 2.39. The highest BCUT2D eigenvalue weighted by Crippen LogP contribution is 2.20. The minimum Gasteiger partial charge on any atom is -0.462 e. The Morgan fingerprint density at radius 1 is 1.33 bits per heavy atom. The minimum absolute atomic E-state index is 0.0695. The Bertz CT molecular complexity index is 600. The molecule has 0 saturated heterocycles. The molecular formula is C14H14F2INO3. The van der Waals surface area contributed by atoms with E-state index in [4.69, 9.17) is 4.74 Å². The fraction of sp³-hybridized carbons (Fsp3) is 0.286. The van der Waals surface area contributed by atoms with Crippen LogP contribution in [0.2, 0.25) is 0 Å². The predicted molar refractivity (Wildman–Crippen MR) is 81.8 cm³/mol. The van der Waals surface area contributed by atoms with E-state index in [1.54, 1.807) is 43.6 Å². The third kappa shape index (κ3) is 4.48. The van der Waals surface area contributed by atoms with Gasteiger partial charge in [-0.3, -0.25) is 4.79 Å². The van der Waals surface area contributed by atoms with Gasteiger partial charge in [0.15, 0.2) is 11.6 Å². The van der Waals surface area contributed by atoms with Crippen molar-refractivity contribution in [3.63, 3.8) is 0 Å². The van der Waals surface area contributed by atoms with Crippen LogP contribution in [0.4, 0.5) is 8.78 Å². The number of halogens is 3. The molecular weight excluding hydrogens is 395 g/mol. The summed E-state index contributed by atoms with van der Waals surface area (Å²) in [5.74, 6) is -4.22. The molecule has 0 heterocycles. The Hall–Kier alpha value is -1.51. The molecule has 21 heavy (non-hydrogen) atoms. The number of esters is 1. The molecule has 0 N–H and O–H groups in total. The van der Waals surface area contributed by atoms with Gasteiger partial charge in [-0.1, -0.05) is 0 Å². The van der Waals surface area contributed by atoms with Crippen molar-refractivity contribution in [2.45, 2.75) is 6.92 Å². The highest BCUT2D eigenvalue weighted by Gasteiger charge is 2.26. The summed E-state index contributed by atoms with van der Waals surface area (Å²) in [7, 11) is 3.19. The Labute approximate surface area is 134 Å². The monoisotopic (exact) mass is 409 g/mol. The number of ether oxygens (including phenoxy) is 1. The zero-order chi connectivity index (χ0) is 16.2. The SMILES string of the molecule is CCOC(=O)/C(=C\N(C)C)C(=O)c1cc(I)cc(F)c1F. The largest absolute Gasteiger partial charge is 0.462 e. The molecule has 0 unspecified atom stereocenters. The lowest BCUT2D eigenvalue weighted by molar-refractivity contribution is -0.138. The molecule has 1 aromatic carbocycles. The molecule has 0 amide bonds. The van der Waals surface area contributed by atoms with E-state index in [0.717, 1.165) is 6.07 Å². The number of hydrogen-bond acceptors (Lipinski definition) is 4. The Morgan fingerprint density at radius 3 is 2.48 bits per heavy atom. The second-order valence-electron chi connectivity index (χ2n) is 4.31. The van der Waals surface area contributed by atoms with Gasteiger partial charge in [-0.15, -0.1) is 0 Å². The number of carbonyl (C=O) groups excluding carboxylic acids is 2. The van der Waals surface area contributed by atoms with Crippen LogP contribution in [0.3, 0.4) is 0 Å². The Kier molecular flexibility index (Phi) is 6.25. The van der Waals surface area contributed by atoms with Gasteiger partial charge in [-0.05, 0) is 41.6 Å². The number of benzene rings is 1. The number of nitrogens with zero attached hydrogens (tertiary/aromatic N) is 1. The van der Waals surface area contributed by atoms with Crippen molar-refractivity contribution >= 4 is 34.3 Å². The molecule has 0 saturated carbocycles. The lowest BCUT2D eigenvalue weighted by atomic mass is 10.0. The predicted octanol–water partition coefficient (Wildman–Crippen LogP) is 2.76. The zero-order valence-electron chi connectivity index (χ0n) is 11.7. The van der Waals surface area contributed by atoms with Crippen LogP contribution in [0, 0.1) is 15.2 Å². The van der Waals surface area contributed by atoms with Crippen molar-refractivity contribution in [2.75, 3.05) is 20.7 Å². The third-order valence-corrected chi connectivity index (χ3v) is 2.99. The van der Waals surface area contributed by atoms with Crippen LogP contribution in [0.5, 0.6) is 0 Å². The highest BCUT2D eigenvalue weighted by molar-refractivity contribution is 14.1. The standard InChI is InChI=1S/C14H14F2INO3/c1-4-21-14(20)10(7-18(2)3)13(19)9-5-8(17)6-11(15)12(9)16/h5-7H,4H2,1-3H3/b10-7-. The molecule has 0 fully saturated rings. The van der Waals surface area contributed by atoms with Gasteiger partial charge in [0.25, 0.3) is 0 Å². The van der Waals surface area contributed by atoms with Crippen LogP contribution in [-0.4, -0.2) is 37.4 Å². The van der Waals surface area contributed by atoms with E-state index in [1.807, 2.05) is 0 Å². The van der Waals surface area contributed by atoms with E-state index in [1.165, 1.54) is 17.2 Å². The minimum atomic E-state index is -1.28. The topological polar surface area (TPSA) is 46.6 Å². The highest BCUT2D eigenvalue weighted by atomic mass is 127. The molecule has 114 valence electrons. The number of carbonyl (C=O) groups is 2. The molecule has 0 aromatic heterocycles. The lowest BCUT2D eigenvalue weighted by Crippen LogP contribution is -2.20. The maximum absolute atomic E-state index is 13.8. The van der Waals surface area contributed by atoms with Crippen molar-refractivity contribution in [3.05, 3.63) is 44.7 Å². The van der Waals surface area contributed by atoms with E-state index in [-0.39, 0.29) is 12.2 Å². The molecule has 1 aromatic rings. The summed E-state index contributed by atoms with van der Waals surface area (Å²) in [6, 6.07) is 2.15. The van der Waals surface area contributed by atoms with E-state index in [0.29, 0.717) is 3.57 Å². The summed E-state index contributed by atoms with van der Waals surface area (Å²) in [6.45, 7) is 1.65. The summed E-state index contributed by atoms with van der Waals surface area (Å²) in [4.78, 5) is 25.6. The van der Waals surface area contributed by atoms with Crippen LogP contribution in [0.15, 0.2) is 23.9 Å².